The van der Waals surface area contributed by atoms with E-state index in [1.807, 2.05) is 66.7 Å². The third-order valence-corrected chi connectivity index (χ3v) is 7.68. The van der Waals surface area contributed by atoms with Crippen LogP contribution in [-0.2, 0) is 0 Å². The summed E-state index contributed by atoms with van der Waals surface area (Å²) in [5.74, 6) is 2.35. The molecule has 1 unspecified atom stereocenters. The predicted molar refractivity (Wildman–Crippen MR) is 141 cm³/mol. The van der Waals surface area contributed by atoms with Crippen molar-refractivity contribution in [2.45, 2.75) is 18.9 Å². The number of piperidine rings is 1. The highest BCUT2D eigenvalue weighted by Crippen LogP contribution is 2.41. The highest BCUT2D eigenvalue weighted by molar-refractivity contribution is 7.22. The van der Waals surface area contributed by atoms with E-state index >= 15 is 0 Å². The Kier molecular flexibility index (Phi) is 6.75. The second-order valence-electron chi connectivity index (χ2n) is 8.89. The van der Waals surface area contributed by atoms with Crippen molar-refractivity contribution in [1.82, 2.24) is 4.90 Å². The smallest absolute Gasteiger partial charge is 0.195 e. The molecule has 0 bridgehead atoms. The fourth-order valence-corrected chi connectivity index (χ4v) is 5.85. The Balaban J connectivity index is 1.49. The number of nitrogens with zero attached hydrogens (tertiary/aromatic N) is 1. The summed E-state index contributed by atoms with van der Waals surface area (Å²) >= 11 is 1.60. The fourth-order valence-electron chi connectivity index (χ4n) is 4.61. The van der Waals surface area contributed by atoms with Gasteiger partial charge in [0.1, 0.15) is 23.4 Å². The number of rotatable bonds is 7. The standard InChI is InChI=1S/C29H29NO4S/c1-30-16-4-5-24(18-30)34-22-12-6-19(7-13-22)28(31)27-25-15-14-23(33-3)17-26(25)35-29(27)20-8-10-21(32-2)11-9-20/h6-15,17,24H,4-5,16,18H2,1-3H3. The Labute approximate surface area is 209 Å². The first-order valence-corrected chi connectivity index (χ1v) is 12.6. The molecule has 1 saturated heterocycles. The minimum absolute atomic E-state index is 0.00353. The van der Waals surface area contributed by atoms with Gasteiger partial charge in [0.05, 0.1) is 14.2 Å². The number of carbonyl (C=O) groups is 1. The quantitative estimate of drug-likeness (QED) is 0.287. The average molecular weight is 488 g/mol. The summed E-state index contributed by atoms with van der Waals surface area (Å²) in [6, 6.07) is 21.3. The van der Waals surface area contributed by atoms with Gasteiger partial charge in [0.25, 0.3) is 0 Å². The molecule has 5 rings (SSSR count). The van der Waals surface area contributed by atoms with Gasteiger partial charge >= 0.3 is 0 Å². The van der Waals surface area contributed by atoms with E-state index in [1.165, 1.54) is 0 Å². The Morgan fingerprint density at radius 3 is 2.29 bits per heavy atom. The van der Waals surface area contributed by atoms with Crippen molar-refractivity contribution in [3.8, 4) is 27.7 Å². The lowest BCUT2D eigenvalue weighted by Crippen LogP contribution is -2.38. The molecule has 0 aliphatic carbocycles. The SMILES string of the molecule is COc1ccc(-c2sc3cc(OC)ccc3c2C(=O)c2ccc(OC3CCCN(C)C3)cc2)cc1. The van der Waals surface area contributed by atoms with Crippen LogP contribution in [0, 0.1) is 0 Å². The highest BCUT2D eigenvalue weighted by atomic mass is 32.1. The van der Waals surface area contributed by atoms with E-state index in [0.29, 0.717) is 11.1 Å². The molecule has 6 heteroatoms. The summed E-state index contributed by atoms with van der Waals surface area (Å²) in [7, 11) is 5.42. The van der Waals surface area contributed by atoms with Gasteiger partial charge in [0.2, 0.25) is 0 Å². The largest absolute Gasteiger partial charge is 0.497 e. The van der Waals surface area contributed by atoms with E-state index in [0.717, 1.165) is 63.7 Å². The molecule has 1 aliphatic rings. The molecule has 0 N–H and O–H groups in total. The zero-order valence-corrected chi connectivity index (χ0v) is 21.1. The van der Waals surface area contributed by atoms with Gasteiger partial charge in [-0.25, -0.2) is 0 Å². The van der Waals surface area contributed by atoms with Crippen molar-refractivity contribution in [3.05, 3.63) is 77.9 Å². The number of methoxy groups -OCH3 is 2. The van der Waals surface area contributed by atoms with E-state index in [-0.39, 0.29) is 11.9 Å². The van der Waals surface area contributed by atoms with Crippen LogP contribution in [0.3, 0.4) is 0 Å². The summed E-state index contributed by atoms with van der Waals surface area (Å²) in [6.07, 6.45) is 2.38. The molecule has 1 fully saturated rings. The van der Waals surface area contributed by atoms with Crippen molar-refractivity contribution < 1.29 is 19.0 Å². The van der Waals surface area contributed by atoms with Crippen LogP contribution in [0.25, 0.3) is 20.5 Å². The van der Waals surface area contributed by atoms with Crippen LogP contribution in [0.15, 0.2) is 66.7 Å². The number of carbonyl (C=O) groups excluding carboxylic acids is 1. The zero-order chi connectivity index (χ0) is 24.4. The van der Waals surface area contributed by atoms with Crippen molar-refractivity contribution in [3.63, 3.8) is 0 Å². The van der Waals surface area contributed by atoms with Crippen molar-refractivity contribution in [1.29, 1.82) is 0 Å². The summed E-state index contributed by atoms with van der Waals surface area (Å²) < 4.78 is 17.9. The number of hydrogen-bond acceptors (Lipinski definition) is 6. The van der Waals surface area contributed by atoms with Crippen LogP contribution in [0.4, 0.5) is 0 Å². The van der Waals surface area contributed by atoms with Gasteiger partial charge in [0.15, 0.2) is 5.78 Å². The van der Waals surface area contributed by atoms with Gasteiger partial charge in [-0.1, -0.05) is 0 Å². The lowest BCUT2D eigenvalue weighted by molar-refractivity contribution is 0.103. The molecule has 1 aliphatic heterocycles. The van der Waals surface area contributed by atoms with Crippen LogP contribution < -0.4 is 14.2 Å². The first-order chi connectivity index (χ1) is 17.1. The second-order valence-corrected chi connectivity index (χ2v) is 9.95. The lowest BCUT2D eigenvalue weighted by Gasteiger charge is -2.30. The Morgan fingerprint density at radius 2 is 1.60 bits per heavy atom. The van der Waals surface area contributed by atoms with E-state index in [9.17, 15) is 4.79 Å². The third kappa shape index (κ3) is 4.90. The van der Waals surface area contributed by atoms with E-state index in [4.69, 9.17) is 14.2 Å². The Bertz CT molecular complexity index is 1330. The Morgan fingerprint density at radius 1 is 0.914 bits per heavy atom. The first kappa shape index (κ1) is 23.4. The van der Waals surface area contributed by atoms with Gasteiger partial charge < -0.3 is 19.1 Å². The van der Waals surface area contributed by atoms with Crippen molar-refractivity contribution in [2.75, 3.05) is 34.4 Å². The molecular weight excluding hydrogens is 458 g/mol. The van der Waals surface area contributed by atoms with Crippen molar-refractivity contribution in [2.24, 2.45) is 0 Å². The monoisotopic (exact) mass is 487 g/mol. The van der Waals surface area contributed by atoms with Gasteiger partial charge in [-0.05, 0) is 98.7 Å². The summed E-state index contributed by atoms with van der Waals surface area (Å²) in [5, 5.41) is 0.928. The van der Waals surface area contributed by atoms with Gasteiger partial charge in [-0.2, -0.15) is 0 Å². The predicted octanol–water partition coefficient (Wildman–Crippen LogP) is 6.29. The zero-order valence-electron chi connectivity index (χ0n) is 20.2. The molecule has 0 saturated carbocycles. The number of likely N-dealkylation sites (N-methyl/N-ethyl adjacent to an activating group) is 1. The maximum atomic E-state index is 13.8. The minimum Gasteiger partial charge on any atom is -0.497 e. The minimum atomic E-state index is -0.00353. The molecule has 180 valence electrons. The van der Waals surface area contributed by atoms with Gasteiger partial charge in [-0.3, -0.25) is 4.79 Å². The number of hydrogen-bond donors (Lipinski definition) is 0. The maximum absolute atomic E-state index is 13.8. The highest BCUT2D eigenvalue weighted by Gasteiger charge is 2.23. The Hall–Kier alpha value is -3.35. The third-order valence-electron chi connectivity index (χ3n) is 6.48. The van der Waals surface area contributed by atoms with E-state index in [1.54, 1.807) is 25.6 Å². The lowest BCUT2D eigenvalue weighted by atomic mass is 9.97. The number of likely N-dealkylation sites (tertiary alicyclic amines) is 1. The normalized spacial score (nSPS) is 16.3. The molecule has 2 heterocycles. The number of ketones is 1. The molecular formula is C29H29NO4S. The van der Waals surface area contributed by atoms with Crippen molar-refractivity contribution >= 4 is 27.2 Å². The van der Waals surface area contributed by atoms with Crippen LogP contribution in [-0.4, -0.2) is 51.1 Å². The van der Waals surface area contributed by atoms with Crippen LogP contribution in [0.1, 0.15) is 28.8 Å². The molecule has 4 aromatic rings. The van der Waals surface area contributed by atoms with Crippen LogP contribution in [0.2, 0.25) is 0 Å². The van der Waals surface area contributed by atoms with Crippen LogP contribution >= 0.6 is 11.3 Å². The molecule has 0 spiro atoms. The number of ether oxygens (including phenoxy) is 3. The van der Waals surface area contributed by atoms with E-state index in [2.05, 4.69) is 11.9 Å². The summed E-state index contributed by atoms with van der Waals surface area (Å²) in [6.45, 7) is 2.04. The molecule has 0 radical (unpaired) electrons. The average Bonchev–Trinajstić information content (AvgIpc) is 3.27. The number of thiophene rings is 1. The maximum Gasteiger partial charge on any atom is 0.195 e. The fraction of sp³-hybridized carbons (Fsp3) is 0.276. The molecule has 5 nitrogen and oxygen atoms in total. The molecule has 35 heavy (non-hydrogen) atoms. The van der Waals surface area contributed by atoms with Gasteiger partial charge in [-0.15, -0.1) is 11.3 Å². The molecule has 1 aromatic heterocycles. The molecule has 3 aromatic carbocycles. The van der Waals surface area contributed by atoms with Gasteiger partial charge in [0, 0.05) is 32.6 Å². The topological polar surface area (TPSA) is 48.0 Å². The summed E-state index contributed by atoms with van der Waals surface area (Å²) in [5.41, 5.74) is 2.33. The van der Waals surface area contributed by atoms with Crippen LogP contribution in [0.5, 0.6) is 17.2 Å². The van der Waals surface area contributed by atoms with E-state index < -0.39 is 0 Å². The molecule has 0 amide bonds. The molecule has 1 atom stereocenters. The number of benzene rings is 3. The summed E-state index contributed by atoms with van der Waals surface area (Å²) in [4.78, 5) is 17.1. The second kappa shape index (κ2) is 10.1. The number of fused-ring (bicyclic) bond motifs is 1. The first-order valence-electron chi connectivity index (χ1n) is 11.8.